The maximum Gasteiger partial charge on any atom is 0.227 e. The first-order valence-electron chi connectivity index (χ1n) is 6.14. The lowest BCUT2D eigenvalue weighted by atomic mass is 9.92. The van der Waals surface area contributed by atoms with Crippen LogP contribution in [0.15, 0.2) is 0 Å². The number of nitrogens with zero attached hydrogens (tertiary/aromatic N) is 1. The molecule has 0 aromatic carbocycles. The van der Waals surface area contributed by atoms with E-state index >= 15 is 0 Å². The summed E-state index contributed by atoms with van der Waals surface area (Å²) in [5.41, 5.74) is -0.567. The number of rotatable bonds is 0. The van der Waals surface area contributed by atoms with Gasteiger partial charge in [0.05, 0.1) is 13.0 Å². The molecule has 1 atom stereocenters. The average Bonchev–Trinajstić information content (AvgIpc) is 2.16. The van der Waals surface area contributed by atoms with E-state index < -0.39 is 5.72 Å². The second-order valence-electron chi connectivity index (χ2n) is 5.72. The van der Waals surface area contributed by atoms with Crippen molar-refractivity contribution in [1.29, 1.82) is 0 Å². The van der Waals surface area contributed by atoms with Crippen LogP contribution < -0.4 is 5.32 Å². The zero-order valence-electron chi connectivity index (χ0n) is 10.5. The van der Waals surface area contributed by atoms with Gasteiger partial charge in [-0.2, -0.15) is 0 Å². The van der Waals surface area contributed by atoms with Gasteiger partial charge in [0.1, 0.15) is 0 Å². The monoisotopic (exact) mass is 226 g/mol. The summed E-state index contributed by atoms with van der Waals surface area (Å²) in [4.78, 5) is 14.1. The smallest absolute Gasteiger partial charge is 0.227 e. The van der Waals surface area contributed by atoms with Crippen LogP contribution in [0.1, 0.15) is 40.0 Å². The minimum atomic E-state index is -0.397. The van der Waals surface area contributed by atoms with Crippen molar-refractivity contribution >= 4 is 5.91 Å². The molecule has 4 heteroatoms. The fourth-order valence-corrected chi connectivity index (χ4v) is 2.89. The van der Waals surface area contributed by atoms with Gasteiger partial charge in [-0.1, -0.05) is 0 Å². The SMILES string of the molecule is CC(C)(C)N1C(=O)CCOC12CCCNC2. The Hall–Kier alpha value is -0.610. The van der Waals surface area contributed by atoms with Crippen LogP contribution >= 0.6 is 0 Å². The Morgan fingerprint density at radius 2 is 2.19 bits per heavy atom. The van der Waals surface area contributed by atoms with Crippen LogP contribution in [0.5, 0.6) is 0 Å². The minimum absolute atomic E-state index is 0.170. The van der Waals surface area contributed by atoms with Crippen molar-refractivity contribution < 1.29 is 9.53 Å². The molecule has 0 aromatic heterocycles. The Bertz CT molecular complexity index is 272. The number of ether oxygens (including phenoxy) is 1. The van der Waals surface area contributed by atoms with E-state index in [1.54, 1.807) is 0 Å². The lowest BCUT2D eigenvalue weighted by molar-refractivity contribution is -0.220. The van der Waals surface area contributed by atoms with Gasteiger partial charge in [-0.15, -0.1) is 0 Å². The van der Waals surface area contributed by atoms with E-state index in [0.717, 1.165) is 25.9 Å². The molecule has 0 bridgehead atoms. The predicted molar refractivity (Wildman–Crippen MR) is 62.0 cm³/mol. The Morgan fingerprint density at radius 1 is 1.44 bits per heavy atom. The van der Waals surface area contributed by atoms with Gasteiger partial charge in [-0.05, 0) is 40.2 Å². The zero-order chi connectivity index (χ0) is 11.8. The average molecular weight is 226 g/mol. The molecule has 0 radical (unpaired) electrons. The summed E-state index contributed by atoms with van der Waals surface area (Å²) in [6.45, 7) is 8.59. The van der Waals surface area contributed by atoms with Gasteiger partial charge < -0.3 is 15.0 Å². The fraction of sp³-hybridized carbons (Fsp3) is 0.917. The molecule has 2 rings (SSSR count). The normalized spacial score (nSPS) is 32.2. The zero-order valence-corrected chi connectivity index (χ0v) is 10.5. The van der Waals surface area contributed by atoms with E-state index in [0.29, 0.717) is 13.0 Å². The molecule has 0 aliphatic carbocycles. The Balaban J connectivity index is 2.29. The summed E-state index contributed by atoms with van der Waals surface area (Å²) in [7, 11) is 0. The van der Waals surface area contributed by atoms with Crippen LogP contribution in [0.25, 0.3) is 0 Å². The summed E-state index contributed by atoms with van der Waals surface area (Å²) in [5, 5.41) is 3.35. The first-order valence-corrected chi connectivity index (χ1v) is 6.14. The second kappa shape index (κ2) is 4.00. The van der Waals surface area contributed by atoms with Crippen LogP contribution in [-0.4, -0.2) is 41.8 Å². The van der Waals surface area contributed by atoms with Gasteiger partial charge in [0.25, 0.3) is 0 Å². The second-order valence-corrected chi connectivity index (χ2v) is 5.72. The first-order chi connectivity index (χ1) is 7.46. The van der Waals surface area contributed by atoms with Gasteiger partial charge in [0, 0.05) is 12.1 Å². The van der Waals surface area contributed by atoms with Crippen LogP contribution in [0.4, 0.5) is 0 Å². The molecule has 1 spiro atoms. The molecule has 2 aliphatic heterocycles. The lowest BCUT2D eigenvalue weighted by Gasteiger charge is -2.54. The Kier molecular flexibility index (Phi) is 2.97. The first kappa shape index (κ1) is 11.9. The highest BCUT2D eigenvalue weighted by molar-refractivity contribution is 5.78. The molecule has 2 fully saturated rings. The molecule has 1 amide bonds. The van der Waals surface area contributed by atoms with Crippen molar-refractivity contribution in [2.24, 2.45) is 0 Å². The molecular formula is C12H22N2O2. The highest BCUT2D eigenvalue weighted by atomic mass is 16.5. The fourth-order valence-electron chi connectivity index (χ4n) is 2.89. The number of hydrogen-bond donors (Lipinski definition) is 1. The third kappa shape index (κ3) is 1.96. The number of nitrogens with one attached hydrogen (secondary N) is 1. The van der Waals surface area contributed by atoms with E-state index in [1.165, 1.54) is 0 Å². The maximum absolute atomic E-state index is 12.1. The molecule has 16 heavy (non-hydrogen) atoms. The van der Waals surface area contributed by atoms with Gasteiger partial charge in [-0.25, -0.2) is 0 Å². The molecule has 0 saturated carbocycles. The predicted octanol–water partition coefficient (Wildman–Crippen LogP) is 1.11. The molecule has 92 valence electrons. The van der Waals surface area contributed by atoms with Crippen molar-refractivity contribution in [3.8, 4) is 0 Å². The molecule has 2 saturated heterocycles. The van der Waals surface area contributed by atoms with E-state index in [2.05, 4.69) is 26.1 Å². The van der Waals surface area contributed by atoms with Gasteiger partial charge in [0.2, 0.25) is 5.91 Å². The minimum Gasteiger partial charge on any atom is -0.354 e. The molecular weight excluding hydrogens is 204 g/mol. The maximum atomic E-state index is 12.1. The van der Waals surface area contributed by atoms with Crippen molar-refractivity contribution in [3.05, 3.63) is 0 Å². The van der Waals surface area contributed by atoms with Crippen molar-refractivity contribution in [2.45, 2.75) is 51.3 Å². The van der Waals surface area contributed by atoms with E-state index in [9.17, 15) is 4.79 Å². The molecule has 1 unspecified atom stereocenters. The third-order valence-corrected chi connectivity index (χ3v) is 3.34. The van der Waals surface area contributed by atoms with Crippen LogP contribution in [-0.2, 0) is 9.53 Å². The van der Waals surface area contributed by atoms with Crippen LogP contribution in [0.2, 0.25) is 0 Å². The lowest BCUT2D eigenvalue weighted by Crippen LogP contribution is -2.68. The summed E-state index contributed by atoms with van der Waals surface area (Å²) < 4.78 is 5.96. The van der Waals surface area contributed by atoms with E-state index in [1.807, 2.05) is 4.90 Å². The van der Waals surface area contributed by atoms with Gasteiger partial charge in [0.15, 0.2) is 5.72 Å². The summed E-state index contributed by atoms with van der Waals surface area (Å²) in [6.07, 6.45) is 2.53. The van der Waals surface area contributed by atoms with Gasteiger partial charge in [-0.3, -0.25) is 4.79 Å². The molecule has 4 nitrogen and oxygen atoms in total. The van der Waals surface area contributed by atoms with Gasteiger partial charge >= 0.3 is 0 Å². The number of amides is 1. The number of carbonyl (C=O) groups is 1. The van der Waals surface area contributed by atoms with Crippen molar-refractivity contribution in [3.63, 3.8) is 0 Å². The van der Waals surface area contributed by atoms with Crippen LogP contribution in [0, 0.1) is 0 Å². The summed E-state index contributed by atoms with van der Waals surface area (Å²) in [5.74, 6) is 0.224. The number of piperidine rings is 1. The van der Waals surface area contributed by atoms with Crippen molar-refractivity contribution in [1.82, 2.24) is 10.2 Å². The molecule has 1 N–H and O–H groups in total. The summed E-state index contributed by atoms with van der Waals surface area (Å²) >= 11 is 0. The quantitative estimate of drug-likeness (QED) is 0.673. The standard InChI is InChI=1S/C12H22N2O2/c1-11(2,3)14-10(15)5-8-16-12(14)6-4-7-13-9-12/h13H,4-9H2,1-3H3. The topological polar surface area (TPSA) is 41.6 Å². The Morgan fingerprint density at radius 3 is 2.75 bits per heavy atom. The molecule has 0 aromatic rings. The largest absolute Gasteiger partial charge is 0.354 e. The Labute approximate surface area is 97.3 Å². The van der Waals surface area contributed by atoms with Crippen LogP contribution in [0.3, 0.4) is 0 Å². The highest BCUT2D eigenvalue weighted by Gasteiger charge is 2.48. The van der Waals surface area contributed by atoms with E-state index in [-0.39, 0.29) is 11.4 Å². The summed E-state index contributed by atoms with van der Waals surface area (Å²) in [6, 6.07) is 0. The van der Waals surface area contributed by atoms with Crippen molar-refractivity contribution in [2.75, 3.05) is 19.7 Å². The number of hydrogen-bond acceptors (Lipinski definition) is 3. The third-order valence-electron chi connectivity index (χ3n) is 3.34. The molecule has 2 heterocycles. The number of carbonyl (C=O) groups excluding carboxylic acids is 1. The van der Waals surface area contributed by atoms with E-state index in [4.69, 9.17) is 4.74 Å². The highest BCUT2D eigenvalue weighted by Crippen LogP contribution is 2.35. The molecule has 2 aliphatic rings.